The standard InChI is InChI=1S/C38H40F2N6O2.2C4H10.C2H2/c1-37(39)15-11-27(12-16-37)35(47)43-23-33-41-21-31(45-33)9-5-25-3-7-30-20-26(4-8-29(30)19-25)6-10-32-22-42-34(46-32)24-44-36(48)28-13-17-38(2,40)18-14-28;2*1-4(2)3;1-2/h3-4,7-8,19-22,27-28H,11-18,23-24H2,1-2H3,(H,41,45)(H,42,46)(H,43,47)(H,44,48);2*4H,1-3H3;1-2H. The minimum Gasteiger partial charge on any atom is -0.349 e. The maximum absolute atomic E-state index is 14.0. The van der Waals surface area contributed by atoms with Gasteiger partial charge in [0.05, 0.1) is 25.5 Å². The van der Waals surface area contributed by atoms with Crippen LogP contribution >= 0.6 is 0 Å². The summed E-state index contributed by atoms with van der Waals surface area (Å²) in [4.78, 5) is 39.9. The molecule has 0 unspecified atom stereocenters. The number of aromatic amines is 2. The topological polar surface area (TPSA) is 116 Å². The molecule has 2 amide bonds. The first-order valence-electron chi connectivity index (χ1n) is 20.4. The molecule has 4 aromatic rings. The number of fused-ring (bicyclic) bond motifs is 1. The predicted octanol–water partition coefficient (Wildman–Crippen LogP) is 9.73. The van der Waals surface area contributed by atoms with E-state index in [-0.39, 0.29) is 36.7 Å². The van der Waals surface area contributed by atoms with E-state index in [1.807, 2.05) is 36.4 Å². The van der Waals surface area contributed by atoms with E-state index in [2.05, 4.69) is 109 Å². The zero-order valence-electron chi connectivity index (χ0n) is 35.6. The number of aromatic nitrogens is 4. The lowest BCUT2D eigenvalue weighted by Crippen LogP contribution is -2.36. The van der Waals surface area contributed by atoms with Crippen molar-refractivity contribution in [1.82, 2.24) is 30.6 Å². The molecule has 2 saturated carbocycles. The van der Waals surface area contributed by atoms with Gasteiger partial charge in [0.2, 0.25) is 11.8 Å². The molecule has 0 spiro atoms. The highest BCUT2D eigenvalue weighted by atomic mass is 19.1. The molecule has 10 heteroatoms. The van der Waals surface area contributed by atoms with E-state index in [0.717, 1.165) is 33.7 Å². The minimum absolute atomic E-state index is 0.0580. The van der Waals surface area contributed by atoms with Gasteiger partial charge in [-0.3, -0.25) is 9.59 Å². The van der Waals surface area contributed by atoms with E-state index in [4.69, 9.17) is 0 Å². The molecular weight excluding hydrogens is 731 g/mol. The van der Waals surface area contributed by atoms with Crippen LogP contribution in [0.25, 0.3) is 10.8 Å². The largest absolute Gasteiger partial charge is 0.349 e. The Kier molecular flexibility index (Phi) is 18.2. The minimum atomic E-state index is -1.16. The number of imidazole rings is 2. The van der Waals surface area contributed by atoms with Crippen molar-refractivity contribution in [3.05, 3.63) is 83.0 Å². The summed E-state index contributed by atoms with van der Waals surface area (Å²) in [6, 6.07) is 12.0. The number of nitrogens with zero attached hydrogens (tertiary/aromatic N) is 2. The maximum Gasteiger partial charge on any atom is 0.223 e. The number of carbonyl (C=O) groups excluding carboxylic acids is 2. The van der Waals surface area contributed by atoms with Crippen molar-refractivity contribution in [3.8, 4) is 36.5 Å². The maximum atomic E-state index is 14.0. The van der Waals surface area contributed by atoms with Crippen molar-refractivity contribution in [3.63, 3.8) is 0 Å². The SMILES string of the molecule is C#C.CC(C)C.CC(C)C.CC1(F)CCC(C(=O)NCc2ncc(C#Cc3ccc4cc(C#Cc5cnc(CNC(=O)C6CCC(C)(F)CC6)[nH]5)ccc4c3)[nH]2)CC1. The molecule has 8 nitrogen and oxygen atoms in total. The van der Waals surface area contributed by atoms with Crippen molar-refractivity contribution in [2.45, 2.75) is 131 Å². The highest BCUT2D eigenvalue weighted by Gasteiger charge is 2.34. The van der Waals surface area contributed by atoms with Crippen LogP contribution in [0.1, 0.15) is 141 Å². The summed E-state index contributed by atoms with van der Waals surface area (Å²) in [6.45, 7) is 16.8. The number of benzene rings is 2. The number of hydrogen-bond acceptors (Lipinski definition) is 4. The fraction of sp³-hybridized carbons (Fsp3) is 0.500. The van der Waals surface area contributed by atoms with Gasteiger partial charge in [-0.05, 0) is 124 Å². The van der Waals surface area contributed by atoms with Gasteiger partial charge in [0.25, 0.3) is 0 Å². The first kappa shape index (κ1) is 47.0. The summed E-state index contributed by atoms with van der Waals surface area (Å²) in [5.74, 6) is 15.0. The summed E-state index contributed by atoms with van der Waals surface area (Å²) >= 11 is 0. The molecule has 58 heavy (non-hydrogen) atoms. The van der Waals surface area contributed by atoms with Gasteiger partial charge in [0.15, 0.2) is 0 Å². The molecule has 2 aromatic heterocycles. The lowest BCUT2D eigenvalue weighted by atomic mass is 9.80. The van der Waals surface area contributed by atoms with Gasteiger partial charge < -0.3 is 20.6 Å². The van der Waals surface area contributed by atoms with Gasteiger partial charge in [-0.15, -0.1) is 12.8 Å². The van der Waals surface area contributed by atoms with Crippen LogP contribution in [0.4, 0.5) is 8.78 Å². The van der Waals surface area contributed by atoms with E-state index >= 15 is 0 Å². The molecule has 2 fully saturated rings. The Morgan fingerprint density at radius 1 is 0.672 bits per heavy atom. The monoisotopic (exact) mass is 792 g/mol. The Bertz CT molecular complexity index is 1910. The predicted molar refractivity (Wildman–Crippen MR) is 231 cm³/mol. The number of carbonyl (C=O) groups is 2. The van der Waals surface area contributed by atoms with Crippen LogP contribution in [0, 0.1) is 60.2 Å². The van der Waals surface area contributed by atoms with E-state index in [9.17, 15) is 18.4 Å². The van der Waals surface area contributed by atoms with Gasteiger partial charge in [0.1, 0.15) is 34.4 Å². The van der Waals surface area contributed by atoms with Crippen molar-refractivity contribution < 1.29 is 18.4 Å². The Hall–Kier alpha value is -5.40. The van der Waals surface area contributed by atoms with Gasteiger partial charge in [0, 0.05) is 23.0 Å². The Labute approximate surface area is 345 Å². The molecule has 4 N–H and O–H groups in total. The van der Waals surface area contributed by atoms with Gasteiger partial charge in [-0.25, -0.2) is 18.7 Å². The number of halogens is 2. The van der Waals surface area contributed by atoms with Crippen LogP contribution in [0.15, 0.2) is 48.8 Å². The zero-order valence-corrected chi connectivity index (χ0v) is 35.6. The van der Waals surface area contributed by atoms with E-state index < -0.39 is 11.3 Å². The Balaban J connectivity index is 0.000000814. The second-order valence-electron chi connectivity index (χ2n) is 17.0. The lowest BCUT2D eigenvalue weighted by Gasteiger charge is -2.30. The molecule has 0 atom stereocenters. The highest BCUT2D eigenvalue weighted by molar-refractivity contribution is 5.85. The third-order valence-corrected chi connectivity index (χ3v) is 9.44. The van der Waals surface area contributed by atoms with E-state index in [0.29, 0.717) is 74.4 Å². The summed E-state index contributed by atoms with van der Waals surface area (Å²) < 4.78 is 28.1. The number of terminal acetylenes is 1. The van der Waals surface area contributed by atoms with Crippen LogP contribution in [0.2, 0.25) is 0 Å². The first-order chi connectivity index (χ1) is 27.5. The van der Waals surface area contributed by atoms with Crippen LogP contribution in [0.3, 0.4) is 0 Å². The van der Waals surface area contributed by atoms with Crippen LogP contribution < -0.4 is 10.6 Å². The number of amides is 2. The third-order valence-electron chi connectivity index (χ3n) is 9.44. The molecule has 0 radical (unpaired) electrons. The highest BCUT2D eigenvalue weighted by Crippen LogP contribution is 2.35. The first-order valence-corrected chi connectivity index (χ1v) is 20.4. The number of nitrogens with one attached hydrogen (secondary N) is 4. The molecule has 2 aliphatic rings. The molecule has 0 aliphatic heterocycles. The summed E-state index contributed by atoms with van der Waals surface area (Å²) in [5.41, 5.74) is 0.672. The number of hydrogen-bond donors (Lipinski definition) is 4. The normalized spacial score (nSPS) is 20.9. The smallest absolute Gasteiger partial charge is 0.223 e. The number of H-pyrrole nitrogens is 2. The Morgan fingerprint density at radius 3 is 1.33 bits per heavy atom. The van der Waals surface area contributed by atoms with E-state index in [1.165, 1.54) is 0 Å². The fourth-order valence-electron chi connectivity index (χ4n) is 6.31. The van der Waals surface area contributed by atoms with Gasteiger partial charge in [-0.2, -0.15) is 0 Å². The molecular formula is C48H62F2N6O2. The van der Waals surface area contributed by atoms with Gasteiger partial charge in [-0.1, -0.05) is 65.5 Å². The van der Waals surface area contributed by atoms with Crippen molar-refractivity contribution in [2.24, 2.45) is 23.7 Å². The van der Waals surface area contributed by atoms with Crippen molar-refractivity contribution in [1.29, 1.82) is 0 Å². The average molecular weight is 793 g/mol. The summed E-state index contributed by atoms with van der Waals surface area (Å²) in [7, 11) is 0. The fourth-order valence-corrected chi connectivity index (χ4v) is 6.31. The van der Waals surface area contributed by atoms with Gasteiger partial charge >= 0.3 is 0 Å². The van der Waals surface area contributed by atoms with Crippen molar-refractivity contribution >= 4 is 22.6 Å². The zero-order chi connectivity index (χ0) is 42.9. The summed E-state index contributed by atoms with van der Waals surface area (Å²) in [6.07, 6.45) is 15.2. The Morgan fingerprint density at radius 2 is 1.00 bits per heavy atom. The quantitative estimate of drug-likeness (QED) is 0.146. The molecule has 6 rings (SSSR count). The average Bonchev–Trinajstić information content (AvgIpc) is 3.84. The summed E-state index contributed by atoms with van der Waals surface area (Å²) in [5, 5.41) is 7.88. The molecule has 0 saturated heterocycles. The number of alkyl halides is 2. The molecule has 0 bridgehead atoms. The van der Waals surface area contributed by atoms with Crippen LogP contribution in [-0.2, 0) is 22.7 Å². The second kappa shape index (κ2) is 22.5. The third kappa shape index (κ3) is 16.6. The van der Waals surface area contributed by atoms with Crippen LogP contribution in [-0.4, -0.2) is 43.1 Å². The molecule has 2 heterocycles. The molecule has 310 valence electrons. The number of rotatable bonds is 6. The van der Waals surface area contributed by atoms with E-state index in [1.54, 1.807) is 26.2 Å². The second-order valence-corrected chi connectivity index (χ2v) is 17.0. The molecule has 2 aromatic carbocycles. The molecule has 2 aliphatic carbocycles. The van der Waals surface area contributed by atoms with Crippen LogP contribution in [0.5, 0.6) is 0 Å². The lowest BCUT2D eigenvalue weighted by molar-refractivity contribution is -0.127. The van der Waals surface area contributed by atoms with Crippen molar-refractivity contribution in [2.75, 3.05) is 0 Å².